The van der Waals surface area contributed by atoms with Gasteiger partial charge in [0, 0.05) is 31.6 Å². The number of hydrogen-bond acceptors (Lipinski definition) is 5. The summed E-state index contributed by atoms with van der Waals surface area (Å²) in [5.74, 6) is 0.566. The van der Waals surface area contributed by atoms with E-state index in [2.05, 4.69) is 20.4 Å². The van der Waals surface area contributed by atoms with Crippen LogP contribution in [0.15, 0.2) is 24.5 Å². The van der Waals surface area contributed by atoms with Crippen LogP contribution in [0.5, 0.6) is 5.88 Å². The molecule has 7 heteroatoms. The van der Waals surface area contributed by atoms with Crippen LogP contribution in [0.1, 0.15) is 41.8 Å². The van der Waals surface area contributed by atoms with Crippen molar-refractivity contribution in [2.45, 2.75) is 39.7 Å². The van der Waals surface area contributed by atoms with Gasteiger partial charge in [0.05, 0.1) is 18.5 Å². The summed E-state index contributed by atoms with van der Waals surface area (Å²) in [4.78, 5) is 21.2. The number of aryl methyl sites for hydroxylation is 3. The smallest absolute Gasteiger partial charge is 0.242 e. The second kappa shape index (κ2) is 7.73. The maximum Gasteiger partial charge on any atom is 0.242 e. The van der Waals surface area contributed by atoms with Gasteiger partial charge in [0.2, 0.25) is 11.8 Å². The highest BCUT2D eigenvalue weighted by molar-refractivity contribution is 5.86. The Morgan fingerprint density at radius 2 is 2.15 bits per heavy atom. The van der Waals surface area contributed by atoms with E-state index in [-0.39, 0.29) is 11.9 Å². The topological polar surface area (TPSA) is 81.9 Å². The fourth-order valence-electron chi connectivity index (χ4n) is 3.37. The summed E-state index contributed by atoms with van der Waals surface area (Å²) in [6, 6.07) is 3.75. The van der Waals surface area contributed by atoms with Gasteiger partial charge < -0.3 is 10.1 Å². The number of aromatic nitrogens is 4. The summed E-state index contributed by atoms with van der Waals surface area (Å²) in [5.41, 5.74) is 4.83. The molecule has 0 radical (unpaired) electrons. The summed E-state index contributed by atoms with van der Waals surface area (Å²) in [6.07, 6.45) is 4.50. The van der Waals surface area contributed by atoms with Crippen molar-refractivity contribution < 1.29 is 9.53 Å². The molecule has 0 saturated carbocycles. The van der Waals surface area contributed by atoms with E-state index in [1.165, 1.54) is 0 Å². The first kappa shape index (κ1) is 18.8. The predicted octanol–water partition coefficient (Wildman–Crippen LogP) is 2.80. The molecule has 0 saturated heterocycles. The van der Waals surface area contributed by atoms with E-state index in [0.29, 0.717) is 18.7 Å². The molecule has 3 aromatic heterocycles. The molecule has 0 unspecified atom stereocenters. The summed E-state index contributed by atoms with van der Waals surface area (Å²) < 4.78 is 7.12. The number of carbonyl (C=O) groups excluding carboxylic acids is 1. The molecule has 3 rings (SSSR count). The van der Waals surface area contributed by atoms with E-state index in [4.69, 9.17) is 4.74 Å². The van der Waals surface area contributed by atoms with E-state index >= 15 is 0 Å². The normalized spacial score (nSPS) is 12.2. The van der Waals surface area contributed by atoms with Crippen molar-refractivity contribution >= 4 is 16.9 Å². The van der Waals surface area contributed by atoms with Crippen LogP contribution >= 0.6 is 0 Å². The summed E-state index contributed by atoms with van der Waals surface area (Å²) >= 11 is 0. The van der Waals surface area contributed by atoms with Gasteiger partial charge in [0.15, 0.2) is 5.65 Å². The third-order valence-corrected chi connectivity index (χ3v) is 4.88. The minimum absolute atomic E-state index is 0.00315. The number of carbonyl (C=O) groups is 1. The Balaban J connectivity index is 1.76. The first-order valence-electron chi connectivity index (χ1n) is 8.98. The van der Waals surface area contributed by atoms with Gasteiger partial charge in [0.25, 0.3) is 0 Å². The number of fused-ring (bicyclic) bond motifs is 1. The molecular formula is C20H25N5O2. The Labute approximate surface area is 158 Å². The number of hydrogen-bond donors (Lipinski definition) is 1. The highest BCUT2D eigenvalue weighted by Crippen LogP contribution is 2.30. The van der Waals surface area contributed by atoms with Crippen LogP contribution in [0.3, 0.4) is 0 Å². The highest BCUT2D eigenvalue weighted by Gasteiger charge is 2.19. The Morgan fingerprint density at radius 1 is 1.37 bits per heavy atom. The lowest BCUT2D eigenvalue weighted by Crippen LogP contribution is -2.27. The minimum atomic E-state index is -0.0765. The summed E-state index contributed by atoms with van der Waals surface area (Å²) in [5, 5.41) is 8.30. The molecule has 3 aromatic rings. The second-order valence-electron chi connectivity index (χ2n) is 6.71. The van der Waals surface area contributed by atoms with E-state index in [0.717, 1.165) is 33.4 Å². The lowest BCUT2D eigenvalue weighted by molar-refractivity contribution is -0.121. The van der Waals surface area contributed by atoms with Crippen molar-refractivity contribution in [2.75, 3.05) is 7.11 Å². The van der Waals surface area contributed by atoms with Crippen LogP contribution in [0, 0.1) is 13.8 Å². The Bertz CT molecular complexity index is 966. The number of ether oxygens (including phenoxy) is 1. The van der Waals surface area contributed by atoms with E-state index in [1.54, 1.807) is 24.2 Å². The first-order valence-corrected chi connectivity index (χ1v) is 8.98. The largest absolute Gasteiger partial charge is 0.479 e. The van der Waals surface area contributed by atoms with E-state index in [9.17, 15) is 4.79 Å². The van der Waals surface area contributed by atoms with Gasteiger partial charge >= 0.3 is 0 Å². The molecule has 3 heterocycles. The average Bonchev–Trinajstić information content (AvgIpc) is 2.98. The molecule has 0 fully saturated rings. The van der Waals surface area contributed by atoms with Gasteiger partial charge in [-0.2, -0.15) is 0 Å². The lowest BCUT2D eigenvalue weighted by Gasteiger charge is -2.15. The molecule has 1 amide bonds. The maximum absolute atomic E-state index is 12.4. The summed E-state index contributed by atoms with van der Waals surface area (Å²) in [6.45, 7) is 5.96. The molecule has 1 N–H and O–H groups in total. The number of pyridine rings is 2. The fourth-order valence-corrected chi connectivity index (χ4v) is 3.37. The molecule has 142 valence electrons. The van der Waals surface area contributed by atoms with Crippen LogP contribution in [0.4, 0.5) is 0 Å². The lowest BCUT2D eigenvalue weighted by atomic mass is 10.00. The van der Waals surface area contributed by atoms with Crippen LogP contribution in [0.2, 0.25) is 0 Å². The molecule has 0 aliphatic rings. The first-order chi connectivity index (χ1) is 12.9. The number of amides is 1. The van der Waals surface area contributed by atoms with Crippen molar-refractivity contribution in [1.29, 1.82) is 0 Å². The minimum Gasteiger partial charge on any atom is -0.479 e. The standard InChI is InChI=1S/C20H25N5O2/c1-12-16(14(3)23-19-18(12)20(27-5)24-25(19)4)8-9-17(26)22-13(2)15-7-6-10-21-11-15/h6-7,10-11,13H,8-9H2,1-5H3,(H,22,26)/t13-/m1/s1. The molecule has 7 nitrogen and oxygen atoms in total. The molecule has 0 aliphatic heterocycles. The van der Waals surface area contributed by atoms with Gasteiger partial charge in [-0.25, -0.2) is 9.67 Å². The zero-order valence-electron chi connectivity index (χ0n) is 16.4. The van der Waals surface area contributed by atoms with Gasteiger partial charge in [-0.15, -0.1) is 5.10 Å². The second-order valence-corrected chi connectivity index (χ2v) is 6.71. The molecule has 0 aliphatic carbocycles. The van der Waals surface area contributed by atoms with Gasteiger partial charge in [0.1, 0.15) is 0 Å². The van der Waals surface area contributed by atoms with Crippen molar-refractivity contribution in [3.8, 4) is 5.88 Å². The van der Waals surface area contributed by atoms with E-state index in [1.807, 2.05) is 40.0 Å². The number of methoxy groups -OCH3 is 1. The van der Waals surface area contributed by atoms with Crippen LogP contribution in [-0.4, -0.2) is 32.8 Å². The zero-order chi connectivity index (χ0) is 19.6. The molecule has 27 heavy (non-hydrogen) atoms. The van der Waals surface area contributed by atoms with Crippen LogP contribution in [0.25, 0.3) is 11.0 Å². The monoisotopic (exact) mass is 367 g/mol. The number of rotatable bonds is 6. The number of nitrogens with one attached hydrogen (secondary N) is 1. The Kier molecular flexibility index (Phi) is 5.39. The fraction of sp³-hybridized carbons (Fsp3) is 0.400. The van der Waals surface area contributed by atoms with Gasteiger partial charge in [-0.3, -0.25) is 9.78 Å². The van der Waals surface area contributed by atoms with Crippen LogP contribution in [-0.2, 0) is 18.3 Å². The van der Waals surface area contributed by atoms with Crippen LogP contribution < -0.4 is 10.1 Å². The van der Waals surface area contributed by atoms with Gasteiger partial charge in [-0.05, 0) is 49.9 Å². The molecule has 0 spiro atoms. The SMILES string of the molecule is COc1nn(C)c2nc(C)c(CCC(=O)N[C@H](C)c3cccnc3)c(C)c12. The van der Waals surface area contributed by atoms with Crippen molar-refractivity contribution in [1.82, 2.24) is 25.1 Å². The van der Waals surface area contributed by atoms with Crippen molar-refractivity contribution in [3.05, 3.63) is 46.9 Å². The summed E-state index contributed by atoms with van der Waals surface area (Å²) in [7, 11) is 3.46. The molecule has 1 atom stereocenters. The Morgan fingerprint density at radius 3 is 2.81 bits per heavy atom. The predicted molar refractivity (Wildman–Crippen MR) is 104 cm³/mol. The highest BCUT2D eigenvalue weighted by atomic mass is 16.5. The van der Waals surface area contributed by atoms with Crippen molar-refractivity contribution in [3.63, 3.8) is 0 Å². The van der Waals surface area contributed by atoms with Gasteiger partial charge in [-0.1, -0.05) is 6.07 Å². The molecular weight excluding hydrogens is 342 g/mol. The third-order valence-electron chi connectivity index (χ3n) is 4.88. The Hall–Kier alpha value is -2.96. The van der Waals surface area contributed by atoms with E-state index < -0.39 is 0 Å². The molecule has 0 bridgehead atoms. The zero-order valence-corrected chi connectivity index (χ0v) is 16.4. The maximum atomic E-state index is 12.4. The quantitative estimate of drug-likeness (QED) is 0.724. The average molecular weight is 367 g/mol. The third kappa shape index (κ3) is 3.77. The number of nitrogens with zero attached hydrogens (tertiary/aromatic N) is 4. The molecule has 0 aromatic carbocycles. The van der Waals surface area contributed by atoms with Crippen molar-refractivity contribution in [2.24, 2.45) is 7.05 Å².